The minimum absolute atomic E-state index is 0.325. The van der Waals surface area contributed by atoms with E-state index in [9.17, 15) is 5.11 Å². The van der Waals surface area contributed by atoms with Crippen molar-refractivity contribution < 1.29 is 9.84 Å². The number of rotatable bonds is 3. The summed E-state index contributed by atoms with van der Waals surface area (Å²) < 4.78 is 5.76. The largest absolute Gasteiger partial charge is 0.489 e. The second-order valence-electron chi connectivity index (χ2n) is 4.95. The number of halogens is 2. The van der Waals surface area contributed by atoms with Crippen LogP contribution in [0.3, 0.4) is 0 Å². The standard InChI is InChI=1S/C16H14Cl2O2/c17-14-5-1-10(7-15(14)18)9-20-12-3-4-13-11(8-12)2-6-16(13)19/h1,3-5,7-8,16,19H,2,6,9H2/t16-/m0/s1. The number of benzene rings is 2. The van der Waals surface area contributed by atoms with Crippen molar-refractivity contribution in [1.82, 2.24) is 0 Å². The SMILES string of the molecule is O[C@H]1CCc2cc(OCc3ccc(Cl)c(Cl)c3)ccc21. The highest BCUT2D eigenvalue weighted by molar-refractivity contribution is 6.42. The Hall–Kier alpha value is -1.22. The highest BCUT2D eigenvalue weighted by Crippen LogP contribution is 2.33. The number of aryl methyl sites for hydroxylation is 1. The van der Waals surface area contributed by atoms with Crippen LogP contribution < -0.4 is 4.74 Å². The highest BCUT2D eigenvalue weighted by Gasteiger charge is 2.20. The van der Waals surface area contributed by atoms with Crippen molar-refractivity contribution in [1.29, 1.82) is 0 Å². The third-order valence-corrected chi connectivity index (χ3v) is 4.29. The highest BCUT2D eigenvalue weighted by atomic mass is 35.5. The normalized spacial score (nSPS) is 17.1. The molecule has 0 bridgehead atoms. The van der Waals surface area contributed by atoms with Gasteiger partial charge in [0.15, 0.2) is 0 Å². The Morgan fingerprint density at radius 2 is 1.95 bits per heavy atom. The fraction of sp³-hybridized carbons (Fsp3) is 0.250. The van der Waals surface area contributed by atoms with Crippen molar-refractivity contribution in [2.75, 3.05) is 0 Å². The van der Waals surface area contributed by atoms with Crippen LogP contribution in [0.25, 0.3) is 0 Å². The van der Waals surface area contributed by atoms with Crippen LogP contribution in [0, 0.1) is 0 Å². The van der Waals surface area contributed by atoms with E-state index in [1.54, 1.807) is 12.1 Å². The lowest BCUT2D eigenvalue weighted by molar-refractivity contribution is 0.180. The molecule has 0 unspecified atom stereocenters. The summed E-state index contributed by atoms with van der Waals surface area (Å²) in [4.78, 5) is 0. The van der Waals surface area contributed by atoms with Crippen molar-refractivity contribution >= 4 is 23.2 Å². The molecule has 1 N–H and O–H groups in total. The number of fused-ring (bicyclic) bond motifs is 1. The number of aliphatic hydroxyl groups excluding tert-OH is 1. The molecule has 3 rings (SSSR count). The number of aliphatic hydroxyl groups is 1. The molecule has 0 fully saturated rings. The molecule has 0 saturated carbocycles. The molecule has 0 heterocycles. The Balaban J connectivity index is 1.71. The summed E-state index contributed by atoms with van der Waals surface area (Å²) in [5.74, 6) is 0.809. The predicted octanol–water partition coefficient (Wildman–Crippen LogP) is 4.55. The maximum absolute atomic E-state index is 9.77. The zero-order valence-corrected chi connectivity index (χ0v) is 12.3. The third kappa shape index (κ3) is 2.78. The van der Waals surface area contributed by atoms with Gasteiger partial charge in [-0.3, -0.25) is 0 Å². The molecule has 0 aliphatic heterocycles. The maximum Gasteiger partial charge on any atom is 0.120 e. The summed E-state index contributed by atoms with van der Waals surface area (Å²) in [6, 6.07) is 11.3. The first-order valence-corrected chi connectivity index (χ1v) is 7.26. The first-order valence-electron chi connectivity index (χ1n) is 6.51. The zero-order chi connectivity index (χ0) is 14.1. The van der Waals surface area contributed by atoms with Gasteiger partial charge in [-0.1, -0.05) is 35.3 Å². The van der Waals surface area contributed by atoms with Gasteiger partial charge in [0.05, 0.1) is 16.1 Å². The fourth-order valence-electron chi connectivity index (χ4n) is 2.46. The first-order chi connectivity index (χ1) is 9.63. The Labute approximate surface area is 127 Å². The summed E-state index contributed by atoms with van der Waals surface area (Å²) >= 11 is 11.9. The van der Waals surface area contributed by atoms with Crippen molar-refractivity contribution in [3.63, 3.8) is 0 Å². The van der Waals surface area contributed by atoms with Gasteiger partial charge >= 0.3 is 0 Å². The van der Waals surface area contributed by atoms with E-state index in [0.717, 1.165) is 29.7 Å². The number of ether oxygens (including phenoxy) is 1. The van der Waals surface area contributed by atoms with Crippen LogP contribution in [-0.2, 0) is 13.0 Å². The molecule has 104 valence electrons. The number of hydrogen-bond acceptors (Lipinski definition) is 2. The van der Waals surface area contributed by atoms with Crippen LogP contribution in [0.2, 0.25) is 10.0 Å². The van der Waals surface area contributed by atoms with Crippen LogP contribution in [0.15, 0.2) is 36.4 Å². The minimum atomic E-state index is -0.325. The maximum atomic E-state index is 9.77. The van der Waals surface area contributed by atoms with E-state index in [4.69, 9.17) is 27.9 Å². The van der Waals surface area contributed by atoms with Gasteiger partial charge in [0.1, 0.15) is 12.4 Å². The van der Waals surface area contributed by atoms with Crippen molar-refractivity contribution in [3.05, 3.63) is 63.1 Å². The van der Waals surface area contributed by atoms with Gasteiger partial charge in [-0.15, -0.1) is 0 Å². The lowest BCUT2D eigenvalue weighted by Gasteiger charge is -2.09. The summed E-state index contributed by atoms with van der Waals surface area (Å²) in [6.07, 6.45) is 1.38. The third-order valence-electron chi connectivity index (χ3n) is 3.55. The quantitative estimate of drug-likeness (QED) is 0.901. The molecule has 4 heteroatoms. The molecule has 1 atom stereocenters. The van der Waals surface area contributed by atoms with E-state index in [-0.39, 0.29) is 6.10 Å². The van der Waals surface area contributed by atoms with Crippen LogP contribution in [0.1, 0.15) is 29.2 Å². The Bertz CT molecular complexity index is 640. The minimum Gasteiger partial charge on any atom is -0.489 e. The molecule has 1 aliphatic carbocycles. The summed E-state index contributed by atoms with van der Waals surface area (Å²) in [5.41, 5.74) is 3.16. The van der Waals surface area contributed by atoms with Gasteiger partial charge in [-0.2, -0.15) is 0 Å². The Kier molecular flexibility index (Phi) is 3.88. The van der Waals surface area contributed by atoms with Gasteiger partial charge in [0.2, 0.25) is 0 Å². The monoisotopic (exact) mass is 308 g/mol. The van der Waals surface area contributed by atoms with Crippen LogP contribution in [0.4, 0.5) is 0 Å². The fourth-order valence-corrected chi connectivity index (χ4v) is 2.78. The zero-order valence-electron chi connectivity index (χ0n) is 10.8. The van der Waals surface area contributed by atoms with E-state index in [1.165, 1.54) is 5.56 Å². The van der Waals surface area contributed by atoms with Gasteiger partial charge in [0.25, 0.3) is 0 Å². The molecule has 0 saturated heterocycles. The smallest absolute Gasteiger partial charge is 0.120 e. The molecule has 1 aliphatic rings. The number of hydrogen-bond donors (Lipinski definition) is 1. The lowest BCUT2D eigenvalue weighted by atomic mass is 10.1. The second-order valence-corrected chi connectivity index (χ2v) is 5.77. The Morgan fingerprint density at radius 1 is 1.10 bits per heavy atom. The van der Waals surface area contributed by atoms with E-state index < -0.39 is 0 Å². The van der Waals surface area contributed by atoms with Crippen molar-refractivity contribution in [2.45, 2.75) is 25.6 Å². The summed E-state index contributed by atoms with van der Waals surface area (Å²) in [6.45, 7) is 0.443. The molecule has 0 spiro atoms. The van der Waals surface area contributed by atoms with Gasteiger partial charge in [-0.25, -0.2) is 0 Å². The van der Waals surface area contributed by atoms with Crippen molar-refractivity contribution in [3.8, 4) is 5.75 Å². The average Bonchev–Trinajstić information content (AvgIpc) is 2.81. The van der Waals surface area contributed by atoms with E-state index >= 15 is 0 Å². The molecule has 2 nitrogen and oxygen atoms in total. The van der Waals surface area contributed by atoms with Gasteiger partial charge in [-0.05, 0) is 53.8 Å². The van der Waals surface area contributed by atoms with E-state index in [1.807, 2.05) is 24.3 Å². The summed E-state index contributed by atoms with van der Waals surface area (Å²) in [5, 5.41) is 10.8. The first kappa shape index (κ1) is 13.7. The molecule has 0 radical (unpaired) electrons. The van der Waals surface area contributed by atoms with E-state index in [0.29, 0.717) is 16.7 Å². The van der Waals surface area contributed by atoms with Gasteiger partial charge in [0, 0.05) is 0 Å². The molecule has 0 amide bonds. The van der Waals surface area contributed by atoms with E-state index in [2.05, 4.69) is 0 Å². The topological polar surface area (TPSA) is 29.5 Å². The van der Waals surface area contributed by atoms with Gasteiger partial charge < -0.3 is 9.84 Å². The molecule has 20 heavy (non-hydrogen) atoms. The average molecular weight is 309 g/mol. The predicted molar refractivity (Wildman–Crippen MR) is 80.5 cm³/mol. The Morgan fingerprint density at radius 3 is 2.75 bits per heavy atom. The molecule has 2 aromatic rings. The lowest BCUT2D eigenvalue weighted by Crippen LogP contribution is -1.97. The molecule has 0 aromatic heterocycles. The summed E-state index contributed by atoms with van der Waals surface area (Å²) in [7, 11) is 0. The van der Waals surface area contributed by atoms with Crippen molar-refractivity contribution in [2.24, 2.45) is 0 Å². The molecular formula is C16H14Cl2O2. The molecule has 2 aromatic carbocycles. The van der Waals surface area contributed by atoms with Crippen LogP contribution >= 0.6 is 23.2 Å². The molecular weight excluding hydrogens is 295 g/mol. The second kappa shape index (κ2) is 5.65. The van der Waals surface area contributed by atoms with Crippen LogP contribution in [-0.4, -0.2) is 5.11 Å². The van der Waals surface area contributed by atoms with Crippen LogP contribution in [0.5, 0.6) is 5.75 Å².